The molecule has 2 aromatic carbocycles. The number of hydrogen-bond donors (Lipinski definition) is 2. The summed E-state index contributed by atoms with van der Waals surface area (Å²) in [7, 11) is 0. The number of para-hydroxylation sites is 1. The van der Waals surface area contributed by atoms with Crippen molar-refractivity contribution in [3.8, 4) is 5.69 Å². The lowest BCUT2D eigenvalue weighted by molar-refractivity contribution is 0.773. The smallest absolute Gasteiger partial charge is 0.264 e. The highest BCUT2D eigenvalue weighted by molar-refractivity contribution is 6.35. The zero-order valence-electron chi connectivity index (χ0n) is 15.4. The Labute approximate surface area is 176 Å². The molecular formula is C21H17Cl2N5O. The molecule has 2 heterocycles. The Morgan fingerprint density at radius 3 is 2.62 bits per heavy atom. The Morgan fingerprint density at radius 1 is 1.10 bits per heavy atom. The second-order valence-electron chi connectivity index (χ2n) is 6.56. The van der Waals surface area contributed by atoms with E-state index in [-0.39, 0.29) is 16.9 Å². The molecule has 0 aliphatic heterocycles. The monoisotopic (exact) mass is 425 g/mol. The zero-order valence-corrected chi connectivity index (χ0v) is 16.9. The number of hydrogen-bond acceptors (Lipinski definition) is 5. The van der Waals surface area contributed by atoms with Crippen molar-refractivity contribution >= 4 is 45.5 Å². The number of halogens is 2. The number of fused-ring (bicyclic) bond motifs is 1. The largest absolute Gasteiger partial charge is 0.394 e. The molecule has 3 N–H and O–H groups in total. The first kappa shape index (κ1) is 19.2. The fraction of sp³-hybridized carbons (Fsp3) is 0.0952. The molecule has 1 atom stereocenters. The number of nitrogen functional groups attached to an aromatic ring is 1. The highest BCUT2D eigenvalue weighted by Gasteiger charge is 2.19. The van der Waals surface area contributed by atoms with Crippen LogP contribution in [-0.2, 0) is 0 Å². The standard InChI is InChI=1S/C21H17Cl2N5O/c1-12(26-19-16(24)11-25-21(23)27-19)17-10-13-6-5-9-15(22)18(13)20(29)28(17)14-7-3-2-4-8-14/h2-12H,24H2,1H3,(H,25,26,27)/t12-/m0/s1. The summed E-state index contributed by atoms with van der Waals surface area (Å²) >= 11 is 12.3. The first-order valence-electron chi connectivity index (χ1n) is 8.90. The minimum Gasteiger partial charge on any atom is -0.394 e. The van der Waals surface area contributed by atoms with Gasteiger partial charge in [-0.3, -0.25) is 9.36 Å². The quantitative estimate of drug-likeness (QED) is 0.456. The molecule has 4 aromatic rings. The summed E-state index contributed by atoms with van der Waals surface area (Å²) in [5.41, 5.74) is 7.60. The van der Waals surface area contributed by atoms with Gasteiger partial charge in [-0.25, -0.2) is 4.98 Å². The number of pyridine rings is 1. The van der Waals surface area contributed by atoms with Crippen LogP contribution in [0.2, 0.25) is 10.3 Å². The second-order valence-corrected chi connectivity index (χ2v) is 7.30. The Morgan fingerprint density at radius 2 is 1.86 bits per heavy atom. The molecule has 0 aliphatic carbocycles. The number of benzene rings is 2. The van der Waals surface area contributed by atoms with E-state index in [9.17, 15) is 4.79 Å². The molecule has 0 fully saturated rings. The van der Waals surface area contributed by atoms with Crippen LogP contribution in [0.25, 0.3) is 16.5 Å². The fourth-order valence-corrected chi connectivity index (χ4v) is 3.66. The van der Waals surface area contributed by atoms with Crippen molar-refractivity contribution in [2.45, 2.75) is 13.0 Å². The SMILES string of the molecule is C[C@H](Nc1nc(Cl)ncc1N)c1cc2cccc(Cl)c2c(=O)n1-c1ccccc1. The number of rotatable bonds is 4. The van der Waals surface area contributed by atoms with Crippen LogP contribution < -0.4 is 16.6 Å². The van der Waals surface area contributed by atoms with Gasteiger partial charge in [0.2, 0.25) is 5.28 Å². The van der Waals surface area contributed by atoms with Crippen molar-refractivity contribution in [1.82, 2.24) is 14.5 Å². The summed E-state index contributed by atoms with van der Waals surface area (Å²) < 4.78 is 1.64. The van der Waals surface area contributed by atoms with Gasteiger partial charge in [0.15, 0.2) is 5.82 Å². The molecule has 0 radical (unpaired) electrons. The third-order valence-electron chi connectivity index (χ3n) is 4.62. The number of nitrogens with zero attached hydrogens (tertiary/aromatic N) is 3. The van der Waals surface area contributed by atoms with E-state index in [0.717, 1.165) is 16.8 Å². The Balaban J connectivity index is 1.93. The number of nitrogens with two attached hydrogens (primary N) is 1. The van der Waals surface area contributed by atoms with Crippen LogP contribution in [0.4, 0.5) is 11.5 Å². The van der Waals surface area contributed by atoms with Crippen molar-refractivity contribution in [2.75, 3.05) is 11.1 Å². The third-order valence-corrected chi connectivity index (χ3v) is 5.12. The van der Waals surface area contributed by atoms with Crippen molar-refractivity contribution in [3.63, 3.8) is 0 Å². The van der Waals surface area contributed by atoms with Crippen LogP contribution in [0.1, 0.15) is 18.7 Å². The average Bonchev–Trinajstić information content (AvgIpc) is 2.71. The molecule has 29 heavy (non-hydrogen) atoms. The Kier molecular flexibility index (Phi) is 5.13. The summed E-state index contributed by atoms with van der Waals surface area (Å²) in [6.45, 7) is 1.92. The maximum atomic E-state index is 13.4. The van der Waals surface area contributed by atoms with E-state index in [2.05, 4.69) is 15.3 Å². The van der Waals surface area contributed by atoms with Gasteiger partial charge in [-0.2, -0.15) is 4.98 Å². The maximum absolute atomic E-state index is 13.4. The van der Waals surface area contributed by atoms with Crippen molar-refractivity contribution in [3.05, 3.63) is 87.1 Å². The third kappa shape index (κ3) is 3.64. The normalized spacial score (nSPS) is 12.1. The predicted octanol–water partition coefficient (Wildman–Crippen LogP) is 4.84. The molecule has 8 heteroatoms. The van der Waals surface area contributed by atoms with Crippen LogP contribution in [0.5, 0.6) is 0 Å². The lowest BCUT2D eigenvalue weighted by Gasteiger charge is -2.22. The average molecular weight is 426 g/mol. The highest BCUT2D eigenvalue weighted by Crippen LogP contribution is 2.28. The van der Waals surface area contributed by atoms with Gasteiger partial charge >= 0.3 is 0 Å². The minimum absolute atomic E-state index is 0.0830. The molecule has 0 saturated heterocycles. The molecule has 0 bridgehead atoms. The molecule has 0 saturated carbocycles. The summed E-state index contributed by atoms with van der Waals surface area (Å²) in [5.74, 6) is 0.399. The van der Waals surface area contributed by atoms with E-state index in [1.165, 1.54) is 6.20 Å². The van der Waals surface area contributed by atoms with Crippen LogP contribution in [0, 0.1) is 0 Å². The molecule has 0 amide bonds. The molecule has 0 spiro atoms. The summed E-state index contributed by atoms with van der Waals surface area (Å²) in [6, 6.07) is 16.4. The molecular weight excluding hydrogens is 409 g/mol. The molecule has 146 valence electrons. The maximum Gasteiger partial charge on any atom is 0.264 e. The van der Waals surface area contributed by atoms with Gasteiger partial charge in [0.05, 0.1) is 28.3 Å². The molecule has 4 rings (SSSR count). The van der Waals surface area contributed by atoms with E-state index in [4.69, 9.17) is 28.9 Å². The van der Waals surface area contributed by atoms with Gasteiger partial charge in [0.25, 0.3) is 5.56 Å². The van der Waals surface area contributed by atoms with Crippen LogP contribution in [0.3, 0.4) is 0 Å². The Hall–Kier alpha value is -3.09. The van der Waals surface area contributed by atoms with Gasteiger partial charge in [-0.1, -0.05) is 41.9 Å². The lowest BCUT2D eigenvalue weighted by atomic mass is 10.1. The van der Waals surface area contributed by atoms with E-state index in [1.54, 1.807) is 10.6 Å². The Bertz CT molecular complexity index is 1260. The molecule has 6 nitrogen and oxygen atoms in total. The lowest BCUT2D eigenvalue weighted by Crippen LogP contribution is -2.26. The first-order valence-corrected chi connectivity index (χ1v) is 9.65. The van der Waals surface area contributed by atoms with Crippen molar-refractivity contribution in [2.24, 2.45) is 0 Å². The first-order chi connectivity index (χ1) is 14.0. The number of anilines is 2. The number of aromatic nitrogens is 3. The van der Waals surface area contributed by atoms with E-state index in [1.807, 2.05) is 55.5 Å². The van der Waals surface area contributed by atoms with Gasteiger partial charge in [0.1, 0.15) is 0 Å². The zero-order chi connectivity index (χ0) is 20.5. The van der Waals surface area contributed by atoms with Gasteiger partial charge in [-0.05, 0) is 48.2 Å². The molecule has 0 unspecified atom stereocenters. The molecule has 0 aliphatic rings. The van der Waals surface area contributed by atoms with Gasteiger partial charge < -0.3 is 11.1 Å². The van der Waals surface area contributed by atoms with Crippen molar-refractivity contribution < 1.29 is 0 Å². The fourth-order valence-electron chi connectivity index (χ4n) is 3.27. The van der Waals surface area contributed by atoms with Gasteiger partial charge in [-0.15, -0.1) is 0 Å². The van der Waals surface area contributed by atoms with E-state index >= 15 is 0 Å². The minimum atomic E-state index is -0.320. The summed E-state index contributed by atoms with van der Waals surface area (Å²) in [6.07, 6.45) is 1.44. The van der Waals surface area contributed by atoms with Gasteiger partial charge in [0, 0.05) is 11.4 Å². The highest BCUT2D eigenvalue weighted by atomic mass is 35.5. The van der Waals surface area contributed by atoms with E-state index < -0.39 is 0 Å². The summed E-state index contributed by atoms with van der Waals surface area (Å²) in [5, 5.41) is 4.95. The van der Waals surface area contributed by atoms with Crippen molar-refractivity contribution in [1.29, 1.82) is 0 Å². The number of nitrogens with one attached hydrogen (secondary N) is 1. The summed E-state index contributed by atoms with van der Waals surface area (Å²) in [4.78, 5) is 21.4. The van der Waals surface area contributed by atoms with Crippen LogP contribution >= 0.6 is 23.2 Å². The second kappa shape index (κ2) is 7.73. The van der Waals surface area contributed by atoms with E-state index in [0.29, 0.717) is 21.9 Å². The topological polar surface area (TPSA) is 85.8 Å². The molecule has 2 aromatic heterocycles. The van der Waals surface area contributed by atoms with Crippen LogP contribution in [0.15, 0.2) is 65.6 Å². The predicted molar refractivity (Wildman–Crippen MR) is 118 cm³/mol. The van der Waals surface area contributed by atoms with Crippen LogP contribution in [-0.4, -0.2) is 14.5 Å².